The zero-order valence-electron chi connectivity index (χ0n) is 18.8. The first-order valence-corrected chi connectivity index (χ1v) is 12.3. The smallest absolute Gasteiger partial charge is 0.280 e. The van der Waals surface area contributed by atoms with Crippen LogP contribution in [0.15, 0.2) is 36.4 Å². The van der Waals surface area contributed by atoms with Gasteiger partial charge in [-0.1, -0.05) is 36.4 Å². The molecule has 1 saturated heterocycles. The van der Waals surface area contributed by atoms with Gasteiger partial charge in [-0.05, 0) is 69.8 Å². The van der Waals surface area contributed by atoms with E-state index in [4.69, 9.17) is 0 Å². The molecule has 0 bridgehead atoms. The van der Waals surface area contributed by atoms with Crippen molar-refractivity contribution in [2.75, 3.05) is 39.8 Å². The van der Waals surface area contributed by atoms with E-state index in [9.17, 15) is 4.79 Å². The molecule has 0 aliphatic carbocycles. The van der Waals surface area contributed by atoms with Gasteiger partial charge >= 0.3 is 0 Å². The number of carbonyl (C=O) groups excluding carboxylic acids is 1. The maximum atomic E-state index is 12.7. The lowest BCUT2D eigenvalue weighted by Gasteiger charge is -2.32. The van der Waals surface area contributed by atoms with Gasteiger partial charge in [0, 0.05) is 26.2 Å². The average Bonchev–Trinajstić information content (AvgIpc) is 3.17. The van der Waals surface area contributed by atoms with Crippen molar-refractivity contribution in [3.05, 3.63) is 57.6 Å². The molecule has 1 aromatic carbocycles. The minimum Gasteiger partial charge on any atom is -0.350 e. The van der Waals surface area contributed by atoms with Crippen LogP contribution in [-0.4, -0.2) is 60.5 Å². The van der Waals surface area contributed by atoms with Gasteiger partial charge in [0.05, 0.1) is 10.6 Å². The van der Waals surface area contributed by atoms with Crippen LogP contribution in [0.1, 0.15) is 51.6 Å². The number of amides is 1. The third kappa shape index (κ3) is 6.03. The molecule has 1 amide bonds. The Morgan fingerprint density at radius 2 is 1.97 bits per heavy atom. The molecule has 1 fully saturated rings. The van der Waals surface area contributed by atoms with E-state index in [1.807, 2.05) is 6.92 Å². The number of thiazole rings is 1. The summed E-state index contributed by atoms with van der Waals surface area (Å²) in [5.74, 6) is 0.675. The monoisotopic (exact) mass is 438 g/mol. The number of benzene rings is 1. The van der Waals surface area contributed by atoms with Crippen molar-refractivity contribution in [1.29, 1.82) is 0 Å². The molecule has 0 saturated carbocycles. The fraction of sp³-hybridized carbons (Fsp3) is 0.520. The highest BCUT2D eigenvalue weighted by Gasteiger charge is 2.21. The SMILES string of the molecule is Cc1nc(C(=O)NCCC2CCN(Cc3ccccc3)CC2)sc1C1=CCCN(C)C1. The zero-order valence-corrected chi connectivity index (χ0v) is 19.6. The Bertz CT molecular complexity index is 900. The minimum absolute atomic E-state index is 0.0226. The second-order valence-corrected chi connectivity index (χ2v) is 9.94. The lowest BCUT2D eigenvalue weighted by atomic mass is 9.93. The number of carbonyl (C=O) groups is 1. The number of hydrogen-bond donors (Lipinski definition) is 1. The van der Waals surface area contributed by atoms with E-state index in [-0.39, 0.29) is 5.91 Å². The molecule has 0 unspecified atom stereocenters. The Morgan fingerprint density at radius 1 is 1.19 bits per heavy atom. The third-order valence-corrected chi connectivity index (χ3v) is 7.65. The van der Waals surface area contributed by atoms with E-state index >= 15 is 0 Å². The highest BCUT2D eigenvalue weighted by atomic mass is 32.1. The van der Waals surface area contributed by atoms with Gasteiger partial charge in [0.1, 0.15) is 0 Å². The maximum Gasteiger partial charge on any atom is 0.280 e. The molecule has 0 atom stereocenters. The fourth-order valence-corrected chi connectivity index (χ4v) is 5.60. The summed E-state index contributed by atoms with van der Waals surface area (Å²) < 4.78 is 0. The molecule has 166 valence electrons. The van der Waals surface area contributed by atoms with E-state index < -0.39 is 0 Å². The number of piperidine rings is 1. The Morgan fingerprint density at radius 3 is 2.71 bits per heavy atom. The van der Waals surface area contributed by atoms with Crippen LogP contribution in [-0.2, 0) is 6.54 Å². The zero-order chi connectivity index (χ0) is 21.6. The molecule has 31 heavy (non-hydrogen) atoms. The number of aryl methyl sites for hydroxylation is 1. The molecule has 2 aromatic rings. The molecule has 2 aliphatic rings. The van der Waals surface area contributed by atoms with Crippen LogP contribution in [0.25, 0.3) is 5.57 Å². The highest BCUT2D eigenvalue weighted by Crippen LogP contribution is 2.29. The molecule has 0 spiro atoms. The van der Waals surface area contributed by atoms with E-state index in [1.54, 1.807) is 0 Å². The van der Waals surface area contributed by atoms with Crippen molar-refractivity contribution in [3.63, 3.8) is 0 Å². The topological polar surface area (TPSA) is 48.5 Å². The molecule has 1 aromatic heterocycles. The summed E-state index contributed by atoms with van der Waals surface area (Å²) in [6, 6.07) is 10.7. The van der Waals surface area contributed by atoms with Crippen LogP contribution >= 0.6 is 11.3 Å². The molecule has 4 rings (SSSR count). The fourth-order valence-electron chi connectivity index (χ4n) is 4.59. The maximum absolute atomic E-state index is 12.7. The summed E-state index contributed by atoms with van der Waals surface area (Å²) in [4.78, 5) is 23.3. The van der Waals surface area contributed by atoms with Crippen LogP contribution in [0.5, 0.6) is 0 Å². The quantitative estimate of drug-likeness (QED) is 0.704. The Labute approximate surface area is 190 Å². The van der Waals surface area contributed by atoms with Crippen molar-refractivity contribution in [3.8, 4) is 0 Å². The molecular formula is C25H34N4OS. The van der Waals surface area contributed by atoms with Gasteiger partial charge in [-0.15, -0.1) is 11.3 Å². The van der Waals surface area contributed by atoms with Crippen LogP contribution < -0.4 is 5.32 Å². The standard InChI is InChI=1S/C25H34N4OS/c1-19-23(22-9-6-14-28(2)18-22)31-25(27-19)24(30)26-13-10-20-11-15-29(16-12-20)17-21-7-4-3-5-8-21/h3-5,7-9,20H,6,10-18H2,1-2H3,(H,26,30). The third-order valence-electron chi connectivity index (χ3n) is 6.42. The first kappa shape index (κ1) is 22.2. The largest absolute Gasteiger partial charge is 0.350 e. The van der Waals surface area contributed by atoms with Gasteiger partial charge in [0.2, 0.25) is 0 Å². The Hall–Kier alpha value is -2.02. The predicted molar refractivity (Wildman–Crippen MR) is 128 cm³/mol. The van der Waals surface area contributed by atoms with Crippen molar-refractivity contribution in [2.24, 2.45) is 5.92 Å². The van der Waals surface area contributed by atoms with E-state index in [0.717, 1.165) is 57.8 Å². The van der Waals surface area contributed by atoms with Gasteiger partial charge in [0.25, 0.3) is 5.91 Å². The van der Waals surface area contributed by atoms with E-state index in [1.165, 1.54) is 40.2 Å². The molecule has 6 heteroatoms. The lowest BCUT2D eigenvalue weighted by Crippen LogP contribution is -2.34. The molecule has 1 N–H and O–H groups in total. The minimum atomic E-state index is -0.0226. The van der Waals surface area contributed by atoms with Crippen molar-refractivity contribution in [1.82, 2.24) is 20.1 Å². The first-order valence-electron chi connectivity index (χ1n) is 11.5. The highest BCUT2D eigenvalue weighted by molar-refractivity contribution is 7.14. The molecule has 5 nitrogen and oxygen atoms in total. The molecule has 2 aliphatic heterocycles. The number of nitrogens with one attached hydrogen (secondary N) is 1. The summed E-state index contributed by atoms with van der Waals surface area (Å²) >= 11 is 1.54. The van der Waals surface area contributed by atoms with Crippen LogP contribution in [0.2, 0.25) is 0 Å². The Kier molecular flexibility index (Phi) is 7.54. The lowest BCUT2D eigenvalue weighted by molar-refractivity contribution is 0.0947. The molecule has 0 radical (unpaired) electrons. The van der Waals surface area contributed by atoms with Crippen LogP contribution in [0.4, 0.5) is 0 Å². The van der Waals surface area contributed by atoms with E-state index in [0.29, 0.717) is 10.9 Å². The van der Waals surface area contributed by atoms with Crippen molar-refractivity contribution >= 4 is 22.8 Å². The van der Waals surface area contributed by atoms with E-state index in [2.05, 4.69) is 63.6 Å². The number of likely N-dealkylation sites (N-methyl/N-ethyl adjacent to an activating group) is 1. The van der Waals surface area contributed by atoms with Crippen LogP contribution in [0, 0.1) is 12.8 Å². The number of hydrogen-bond acceptors (Lipinski definition) is 5. The van der Waals surface area contributed by atoms with Crippen LogP contribution in [0.3, 0.4) is 0 Å². The first-order chi connectivity index (χ1) is 15.1. The van der Waals surface area contributed by atoms with Gasteiger partial charge in [-0.2, -0.15) is 0 Å². The summed E-state index contributed by atoms with van der Waals surface area (Å²) in [6.45, 7) is 8.12. The van der Waals surface area contributed by atoms with Gasteiger partial charge in [-0.3, -0.25) is 9.69 Å². The number of rotatable bonds is 7. The second kappa shape index (κ2) is 10.5. The summed E-state index contributed by atoms with van der Waals surface area (Å²) in [5.41, 5.74) is 3.68. The normalized spacial score (nSPS) is 18.7. The van der Waals surface area contributed by atoms with Gasteiger partial charge in [0.15, 0.2) is 5.01 Å². The number of aromatic nitrogens is 1. The summed E-state index contributed by atoms with van der Waals surface area (Å²) in [7, 11) is 2.14. The predicted octanol–water partition coefficient (Wildman–Crippen LogP) is 4.20. The molecular weight excluding hydrogens is 404 g/mol. The molecule has 3 heterocycles. The summed E-state index contributed by atoms with van der Waals surface area (Å²) in [5, 5.41) is 3.71. The number of nitrogens with zero attached hydrogens (tertiary/aromatic N) is 3. The van der Waals surface area contributed by atoms with Crippen molar-refractivity contribution < 1.29 is 4.79 Å². The Balaban J connectivity index is 1.20. The second-order valence-electron chi connectivity index (χ2n) is 8.94. The number of likely N-dealkylation sites (tertiary alicyclic amines) is 1. The summed E-state index contributed by atoms with van der Waals surface area (Å²) in [6.07, 6.45) is 6.84. The average molecular weight is 439 g/mol. The van der Waals surface area contributed by atoms with Crippen molar-refractivity contribution in [2.45, 2.75) is 39.2 Å². The van der Waals surface area contributed by atoms with Gasteiger partial charge < -0.3 is 10.2 Å². The van der Waals surface area contributed by atoms with Gasteiger partial charge in [-0.25, -0.2) is 4.98 Å².